The Morgan fingerprint density at radius 1 is 0.761 bits per heavy atom. The Balaban J connectivity index is 1.35. The molecule has 0 aromatic heterocycles. The number of aliphatic carboxylic acids is 1. The van der Waals surface area contributed by atoms with Gasteiger partial charge < -0.3 is 20.9 Å². The highest BCUT2D eigenvalue weighted by Crippen LogP contribution is 2.23. The number of carboxylic acids is 1. The maximum Gasteiger partial charge on any atom is 0.320 e. The van der Waals surface area contributed by atoms with Crippen molar-refractivity contribution in [3.05, 3.63) is 54.1 Å². The van der Waals surface area contributed by atoms with Crippen LogP contribution in [-0.4, -0.2) is 42.0 Å². The predicted molar refractivity (Wildman–Crippen MR) is 191 cm³/mol. The van der Waals surface area contributed by atoms with Gasteiger partial charge in [0.25, 0.3) is 0 Å². The standard InChI is InChI=1S/C35H57N6O4P/c36-34(39-41-37)30-20-18-28(19-21-30)29-22-24-31(25-23-29)45-27-15-11-9-7-5-3-1-2-4-6-8-10-12-17-33(42)38-26-14-13-16-32(40-46)35(43)44/h18-25,32,40-41H,1-17,26-27,37,46H2,(H2,36,39)(H,38,42)(H,43,44)/t32-/m0/s1. The van der Waals surface area contributed by atoms with Crippen LogP contribution in [0.15, 0.2) is 53.6 Å². The number of nitrogens with one attached hydrogen (secondary N) is 3. The highest BCUT2D eigenvalue weighted by molar-refractivity contribution is 7.13. The highest BCUT2D eigenvalue weighted by atomic mass is 31.0. The molecule has 2 atom stereocenters. The molecule has 1 amide bonds. The van der Waals surface area contributed by atoms with E-state index in [0.717, 1.165) is 61.2 Å². The number of carbonyl (C=O) groups excluding carboxylic acids is 1. The summed E-state index contributed by atoms with van der Waals surface area (Å²) >= 11 is 0. The molecule has 0 bridgehead atoms. The lowest BCUT2D eigenvalue weighted by atomic mass is 10.0. The average Bonchev–Trinajstić information content (AvgIpc) is 3.06. The first-order valence-corrected chi connectivity index (χ1v) is 17.6. The fraction of sp³-hybridized carbons (Fsp3) is 0.571. The van der Waals surface area contributed by atoms with Crippen LogP contribution in [0.4, 0.5) is 0 Å². The number of rotatable bonds is 27. The molecule has 256 valence electrons. The van der Waals surface area contributed by atoms with Crippen LogP contribution in [0.1, 0.15) is 115 Å². The number of nitrogens with two attached hydrogens (primary N) is 2. The van der Waals surface area contributed by atoms with Crippen molar-refractivity contribution in [2.45, 2.75) is 115 Å². The van der Waals surface area contributed by atoms with E-state index < -0.39 is 12.0 Å². The van der Waals surface area contributed by atoms with E-state index in [9.17, 15) is 9.59 Å². The van der Waals surface area contributed by atoms with Crippen LogP contribution >= 0.6 is 9.39 Å². The van der Waals surface area contributed by atoms with Gasteiger partial charge in [0, 0.05) is 18.5 Å². The van der Waals surface area contributed by atoms with Gasteiger partial charge in [-0.15, -0.1) is 5.10 Å². The van der Waals surface area contributed by atoms with Crippen molar-refractivity contribution in [3.63, 3.8) is 0 Å². The van der Waals surface area contributed by atoms with E-state index in [1.165, 1.54) is 64.2 Å². The maximum atomic E-state index is 11.9. The minimum atomic E-state index is -0.843. The first kappa shape index (κ1) is 39.0. The van der Waals surface area contributed by atoms with Crippen LogP contribution in [0.25, 0.3) is 11.1 Å². The van der Waals surface area contributed by atoms with Crippen molar-refractivity contribution in [3.8, 4) is 16.9 Å². The predicted octanol–water partition coefficient (Wildman–Crippen LogP) is 6.40. The number of nitrogens with zero attached hydrogens (tertiary/aromatic N) is 1. The molecule has 0 saturated carbocycles. The molecule has 11 heteroatoms. The highest BCUT2D eigenvalue weighted by Gasteiger charge is 2.13. The normalized spacial score (nSPS) is 12.1. The summed E-state index contributed by atoms with van der Waals surface area (Å²) in [5, 5.41) is 18.4. The van der Waals surface area contributed by atoms with Crippen molar-refractivity contribution >= 4 is 27.1 Å². The Morgan fingerprint density at radius 2 is 1.28 bits per heavy atom. The van der Waals surface area contributed by atoms with Crippen molar-refractivity contribution < 1.29 is 19.4 Å². The third-order valence-electron chi connectivity index (χ3n) is 8.11. The molecule has 8 N–H and O–H groups in total. The molecule has 10 nitrogen and oxygen atoms in total. The summed E-state index contributed by atoms with van der Waals surface area (Å²) in [6, 6.07) is 15.5. The van der Waals surface area contributed by atoms with Crippen molar-refractivity contribution in [1.82, 2.24) is 15.9 Å². The topological polar surface area (TPSA) is 164 Å². The summed E-state index contributed by atoms with van der Waals surface area (Å²) in [6.45, 7) is 1.37. The summed E-state index contributed by atoms with van der Waals surface area (Å²) in [4.78, 5) is 22.9. The van der Waals surface area contributed by atoms with E-state index in [4.69, 9.17) is 21.4 Å². The second-order valence-electron chi connectivity index (χ2n) is 11.8. The number of amides is 1. The zero-order valence-corrected chi connectivity index (χ0v) is 28.6. The van der Waals surface area contributed by atoms with Crippen LogP contribution in [-0.2, 0) is 9.59 Å². The maximum absolute atomic E-state index is 11.9. The van der Waals surface area contributed by atoms with Crippen LogP contribution in [0, 0.1) is 0 Å². The smallest absolute Gasteiger partial charge is 0.320 e. The summed E-state index contributed by atoms with van der Waals surface area (Å²) in [5.41, 5.74) is 11.1. The molecule has 0 aliphatic heterocycles. The van der Waals surface area contributed by atoms with Gasteiger partial charge in [0.15, 0.2) is 5.84 Å². The molecule has 0 aliphatic carbocycles. The van der Waals surface area contributed by atoms with Gasteiger partial charge in [-0.3, -0.25) is 14.7 Å². The number of benzene rings is 2. The Bertz CT molecular complexity index is 1130. The number of carbonyl (C=O) groups is 2. The lowest BCUT2D eigenvalue weighted by molar-refractivity contribution is -0.139. The summed E-state index contributed by atoms with van der Waals surface area (Å²) < 4.78 is 5.94. The molecule has 0 saturated heterocycles. The molecule has 1 unspecified atom stereocenters. The molecule has 2 aromatic rings. The minimum Gasteiger partial charge on any atom is -0.494 e. The molecule has 0 fully saturated rings. The zero-order valence-electron chi connectivity index (χ0n) is 27.5. The van der Waals surface area contributed by atoms with Gasteiger partial charge >= 0.3 is 5.97 Å². The molecule has 46 heavy (non-hydrogen) atoms. The fourth-order valence-electron chi connectivity index (χ4n) is 5.30. The molecule has 2 rings (SSSR count). The van der Waals surface area contributed by atoms with Gasteiger partial charge in [0.2, 0.25) is 5.91 Å². The average molecular weight is 657 g/mol. The van der Waals surface area contributed by atoms with Crippen molar-refractivity contribution in [2.75, 3.05) is 13.2 Å². The van der Waals surface area contributed by atoms with Crippen LogP contribution < -0.4 is 32.3 Å². The number of hydrazine groups is 1. The lowest BCUT2D eigenvalue weighted by Gasteiger charge is -2.10. The first-order valence-electron chi connectivity index (χ1n) is 17.0. The van der Waals surface area contributed by atoms with Gasteiger partial charge in [-0.1, -0.05) is 116 Å². The fourth-order valence-corrected chi connectivity index (χ4v) is 5.61. The minimum absolute atomic E-state index is 0.108. The Labute approximate surface area is 278 Å². The second-order valence-corrected chi connectivity index (χ2v) is 12.2. The number of unbranched alkanes of at least 4 members (excludes halogenated alkanes) is 13. The van der Waals surface area contributed by atoms with Gasteiger partial charge in [-0.2, -0.15) is 0 Å². The van der Waals surface area contributed by atoms with Crippen molar-refractivity contribution in [1.29, 1.82) is 0 Å². The van der Waals surface area contributed by atoms with Crippen LogP contribution in [0.3, 0.4) is 0 Å². The van der Waals surface area contributed by atoms with Gasteiger partial charge in [-0.05, 0) is 55.4 Å². The number of ether oxygens (including phenoxy) is 1. The van der Waals surface area contributed by atoms with E-state index in [1.54, 1.807) is 0 Å². The molecule has 2 aromatic carbocycles. The van der Waals surface area contributed by atoms with Gasteiger partial charge in [0.05, 0.1) is 6.61 Å². The van der Waals surface area contributed by atoms with Gasteiger partial charge in [-0.25, -0.2) is 11.4 Å². The van der Waals surface area contributed by atoms with Crippen LogP contribution in [0.2, 0.25) is 0 Å². The molecule has 0 radical (unpaired) electrons. The Kier molecular flexibility index (Phi) is 21.2. The second kappa shape index (κ2) is 25.0. The van der Waals surface area contributed by atoms with Crippen LogP contribution in [0.5, 0.6) is 5.75 Å². The largest absolute Gasteiger partial charge is 0.494 e. The SMILES string of the molecule is NN/N=C(\N)c1ccc(-c2ccc(OCCCCCCCCCCCCCCCC(=O)NCCCC[C@H](NP)C(=O)O)cc2)cc1. The zero-order chi connectivity index (χ0) is 33.2. The first-order chi connectivity index (χ1) is 22.4. The number of hydrogen-bond acceptors (Lipinski definition) is 7. The quantitative estimate of drug-likeness (QED) is 0.0161. The molecule has 0 heterocycles. The third kappa shape index (κ3) is 17.5. The van der Waals surface area contributed by atoms with E-state index in [-0.39, 0.29) is 5.91 Å². The van der Waals surface area contributed by atoms with E-state index in [1.807, 2.05) is 36.4 Å². The lowest BCUT2D eigenvalue weighted by Crippen LogP contribution is -2.30. The van der Waals surface area contributed by atoms with Gasteiger partial charge in [0.1, 0.15) is 11.8 Å². The van der Waals surface area contributed by atoms with E-state index >= 15 is 0 Å². The number of hydrazone groups is 1. The Hall–Kier alpha value is -3.20. The monoisotopic (exact) mass is 656 g/mol. The summed E-state index contributed by atoms with van der Waals surface area (Å²) in [7, 11) is 2.25. The van der Waals surface area contributed by atoms with E-state index in [0.29, 0.717) is 25.2 Å². The molecule has 0 spiro atoms. The Morgan fingerprint density at radius 3 is 1.80 bits per heavy atom. The number of amidine groups is 1. The number of hydrogen-bond donors (Lipinski definition) is 6. The molecular formula is C35H57N6O4P. The molecule has 0 aliphatic rings. The molecular weight excluding hydrogens is 599 g/mol. The summed E-state index contributed by atoms with van der Waals surface area (Å²) in [5.74, 6) is 5.70. The number of carboxylic acid groups (broad SMARTS) is 1. The van der Waals surface area contributed by atoms with Crippen molar-refractivity contribution in [2.24, 2.45) is 16.7 Å². The van der Waals surface area contributed by atoms with E-state index in [2.05, 4.69) is 42.6 Å². The summed E-state index contributed by atoms with van der Waals surface area (Å²) in [6.07, 6.45) is 18.6. The third-order valence-corrected chi connectivity index (χ3v) is 8.51.